The molecular formula is C21H26FN3O2. The zero-order valence-electron chi connectivity index (χ0n) is 16.4. The summed E-state index contributed by atoms with van der Waals surface area (Å²) >= 11 is 0. The Morgan fingerprint density at radius 3 is 2.15 bits per heavy atom. The summed E-state index contributed by atoms with van der Waals surface area (Å²) in [6.45, 7) is 9.90. The molecule has 0 spiro atoms. The summed E-state index contributed by atoms with van der Waals surface area (Å²) in [5, 5.41) is 0. The summed E-state index contributed by atoms with van der Waals surface area (Å²) in [6, 6.07) is 6.66. The molecule has 0 radical (unpaired) electrons. The van der Waals surface area contributed by atoms with Crippen LogP contribution in [0.1, 0.15) is 39.8 Å². The minimum absolute atomic E-state index is 0.0351. The molecule has 0 atom stereocenters. The molecule has 0 N–H and O–H groups in total. The van der Waals surface area contributed by atoms with Crippen LogP contribution < -0.4 is 0 Å². The number of aromatic nitrogens is 1. The average molecular weight is 371 g/mol. The van der Waals surface area contributed by atoms with E-state index in [1.165, 1.54) is 6.07 Å². The molecule has 1 aliphatic heterocycles. The second-order valence-electron chi connectivity index (χ2n) is 7.16. The number of hydrogen-bond donors (Lipinski definition) is 0. The van der Waals surface area contributed by atoms with Crippen LogP contribution in [0.25, 0.3) is 0 Å². The minimum Gasteiger partial charge on any atom is -0.339 e. The van der Waals surface area contributed by atoms with E-state index in [4.69, 9.17) is 0 Å². The third-order valence-electron chi connectivity index (χ3n) is 5.64. The molecule has 2 heterocycles. The SMILES string of the molecule is CC(=O)N1CCN(C(=O)c2c(C)c(C)c(C)n2Cc2ccccc2F)CC1. The molecule has 0 aliphatic carbocycles. The maximum Gasteiger partial charge on any atom is 0.270 e. The molecule has 1 aliphatic rings. The van der Waals surface area contributed by atoms with E-state index in [0.29, 0.717) is 44.0 Å². The van der Waals surface area contributed by atoms with E-state index in [9.17, 15) is 14.0 Å². The second kappa shape index (κ2) is 7.55. The van der Waals surface area contributed by atoms with Crippen molar-refractivity contribution in [2.24, 2.45) is 0 Å². The normalized spacial score (nSPS) is 14.6. The average Bonchev–Trinajstić information content (AvgIpc) is 2.87. The summed E-state index contributed by atoms with van der Waals surface area (Å²) < 4.78 is 16.1. The Bertz CT molecular complexity index is 880. The number of piperazine rings is 1. The molecule has 0 bridgehead atoms. The molecule has 1 aromatic carbocycles. The number of carbonyl (C=O) groups excluding carboxylic acids is 2. The standard InChI is InChI=1S/C21H26FN3O2/c1-14-15(2)20(21(27)24-11-9-23(10-12-24)17(4)26)25(16(14)3)13-18-7-5-6-8-19(18)22/h5-8H,9-13H2,1-4H3. The summed E-state index contributed by atoms with van der Waals surface area (Å²) in [4.78, 5) is 28.3. The lowest BCUT2D eigenvalue weighted by Gasteiger charge is -2.34. The number of halogens is 1. The lowest BCUT2D eigenvalue weighted by atomic mass is 10.1. The van der Waals surface area contributed by atoms with Gasteiger partial charge in [0.25, 0.3) is 5.91 Å². The van der Waals surface area contributed by atoms with Crippen LogP contribution in [0.15, 0.2) is 24.3 Å². The van der Waals surface area contributed by atoms with Gasteiger partial charge in [-0.2, -0.15) is 0 Å². The molecule has 0 saturated carbocycles. The third-order valence-corrected chi connectivity index (χ3v) is 5.64. The number of benzene rings is 1. The van der Waals surface area contributed by atoms with Gasteiger partial charge in [-0.05, 0) is 38.0 Å². The number of nitrogens with zero attached hydrogens (tertiary/aromatic N) is 3. The molecule has 6 heteroatoms. The molecule has 144 valence electrons. The predicted molar refractivity (Wildman–Crippen MR) is 102 cm³/mol. The maximum atomic E-state index is 14.2. The van der Waals surface area contributed by atoms with E-state index in [0.717, 1.165) is 16.8 Å². The smallest absolute Gasteiger partial charge is 0.270 e. The third kappa shape index (κ3) is 3.61. The van der Waals surface area contributed by atoms with Crippen LogP contribution in [-0.2, 0) is 11.3 Å². The Balaban J connectivity index is 1.91. The first-order chi connectivity index (χ1) is 12.8. The van der Waals surface area contributed by atoms with Gasteiger partial charge in [-0.1, -0.05) is 18.2 Å². The van der Waals surface area contributed by atoms with E-state index in [1.54, 1.807) is 34.9 Å². The van der Waals surface area contributed by atoms with Gasteiger partial charge in [0.15, 0.2) is 0 Å². The minimum atomic E-state index is -0.269. The van der Waals surface area contributed by atoms with Crippen molar-refractivity contribution >= 4 is 11.8 Å². The first-order valence-electron chi connectivity index (χ1n) is 9.25. The Labute approximate surface area is 159 Å². The number of carbonyl (C=O) groups is 2. The molecule has 5 nitrogen and oxygen atoms in total. The van der Waals surface area contributed by atoms with Crippen LogP contribution in [0.2, 0.25) is 0 Å². The monoisotopic (exact) mass is 371 g/mol. The van der Waals surface area contributed by atoms with Crippen LogP contribution in [-0.4, -0.2) is 52.4 Å². The predicted octanol–water partition coefficient (Wildman–Crippen LogP) is 2.91. The van der Waals surface area contributed by atoms with Crippen molar-refractivity contribution in [2.75, 3.05) is 26.2 Å². The van der Waals surface area contributed by atoms with Crippen molar-refractivity contribution < 1.29 is 14.0 Å². The van der Waals surface area contributed by atoms with Gasteiger partial charge >= 0.3 is 0 Å². The van der Waals surface area contributed by atoms with Crippen molar-refractivity contribution in [3.8, 4) is 0 Å². The van der Waals surface area contributed by atoms with Crippen LogP contribution in [0.4, 0.5) is 4.39 Å². The molecule has 1 fully saturated rings. The topological polar surface area (TPSA) is 45.6 Å². The van der Waals surface area contributed by atoms with Gasteiger partial charge in [-0.25, -0.2) is 4.39 Å². The van der Waals surface area contributed by atoms with Crippen molar-refractivity contribution in [3.05, 3.63) is 58.2 Å². The molecule has 2 amide bonds. The van der Waals surface area contributed by atoms with Gasteiger partial charge in [0.2, 0.25) is 5.91 Å². The fraction of sp³-hybridized carbons (Fsp3) is 0.429. The maximum absolute atomic E-state index is 14.2. The van der Waals surface area contributed by atoms with E-state index in [2.05, 4.69) is 0 Å². The Morgan fingerprint density at radius 2 is 1.56 bits per heavy atom. The quantitative estimate of drug-likeness (QED) is 0.833. The molecule has 2 aromatic rings. The zero-order chi connectivity index (χ0) is 19.7. The molecule has 1 saturated heterocycles. The van der Waals surface area contributed by atoms with E-state index in [-0.39, 0.29) is 17.6 Å². The van der Waals surface area contributed by atoms with Gasteiger partial charge in [0.1, 0.15) is 11.5 Å². The first kappa shape index (κ1) is 19.1. The molecule has 3 rings (SSSR count). The lowest BCUT2D eigenvalue weighted by molar-refractivity contribution is -0.130. The highest BCUT2D eigenvalue weighted by molar-refractivity contribution is 5.95. The summed E-state index contributed by atoms with van der Waals surface area (Å²) in [5.74, 6) is -0.287. The largest absolute Gasteiger partial charge is 0.339 e. The number of hydrogen-bond acceptors (Lipinski definition) is 2. The highest BCUT2D eigenvalue weighted by Gasteiger charge is 2.28. The fourth-order valence-corrected chi connectivity index (χ4v) is 3.67. The summed E-state index contributed by atoms with van der Waals surface area (Å²) in [6.07, 6.45) is 0. The van der Waals surface area contributed by atoms with Gasteiger partial charge in [0.05, 0.1) is 6.54 Å². The van der Waals surface area contributed by atoms with Gasteiger partial charge < -0.3 is 14.4 Å². The highest BCUT2D eigenvalue weighted by atomic mass is 19.1. The molecule has 0 unspecified atom stereocenters. The number of rotatable bonds is 3. The van der Waals surface area contributed by atoms with Gasteiger partial charge in [-0.15, -0.1) is 0 Å². The van der Waals surface area contributed by atoms with Crippen molar-refractivity contribution in [1.82, 2.24) is 14.4 Å². The lowest BCUT2D eigenvalue weighted by Crippen LogP contribution is -2.50. The Hall–Kier alpha value is -2.63. The molecule has 27 heavy (non-hydrogen) atoms. The van der Waals surface area contributed by atoms with Crippen molar-refractivity contribution in [1.29, 1.82) is 0 Å². The summed E-state index contributed by atoms with van der Waals surface area (Å²) in [5.41, 5.74) is 4.14. The zero-order valence-corrected chi connectivity index (χ0v) is 16.4. The number of amides is 2. The van der Waals surface area contributed by atoms with Crippen LogP contribution in [0, 0.1) is 26.6 Å². The van der Waals surface area contributed by atoms with Crippen molar-refractivity contribution in [3.63, 3.8) is 0 Å². The van der Waals surface area contributed by atoms with Gasteiger partial charge in [0, 0.05) is 44.4 Å². The van der Waals surface area contributed by atoms with Crippen LogP contribution >= 0.6 is 0 Å². The first-order valence-corrected chi connectivity index (χ1v) is 9.25. The van der Waals surface area contributed by atoms with Crippen LogP contribution in [0.5, 0.6) is 0 Å². The van der Waals surface area contributed by atoms with Gasteiger partial charge in [-0.3, -0.25) is 9.59 Å². The Morgan fingerprint density at radius 1 is 0.963 bits per heavy atom. The van der Waals surface area contributed by atoms with E-state index < -0.39 is 0 Å². The van der Waals surface area contributed by atoms with Crippen LogP contribution in [0.3, 0.4) is 0 Å². The van der Waals surface area contributed by atoms with Crippen molar-refractivity contribution in [2.45, 2.75) is 34.2 Å². The summed E-state index contributed by atoms with van der Waals surface area (Å²) in [7, 11) is 0. The van der Waals surface area contributed by atoms with E-state index in [1.807, 2.05) is 25.3 Å². The highest BCUT2D eigenvalue weighted by Crippen LogP contribution is 2.25. The molecule has 1 aromatic heterocycles. The molecular weight excluding hydrogens is 345 g/mol. The Kier molecular flexibility index (Phi) is 5.35. The van der Waals surface area contributed by atoms with E-state index >= 15 is 0 Å². The fourth-order valence-electron chi connectivity index (χ4n) is 3.67. The second-order valence-corrected chi connectivity index (χ2v) is 7.16.